The van der Waals surface area contributed by atoms with E-state index in [-0.39, 0.29) is 17.4 Å². The average Bonchev–Trinajstić information content (AvgIpc) is 2.33. The highest BCUT2D eigenvalue weighted by Crippen LogP contribution is 2.40. The summed E-state index contributed by atoms with van der Waals surface area (Å²) in [5.74, 6) is 0.622. The fourth-order valence-electron chi connectivity index (χ4n) is 2.54. The number of nitrogens with two attached hydrogens (primary N) is 1. The molecular weight excluding hydrogens is 205 g/mol. The molecule has 16 heavy (non-hydrogen) atoms. The Morgan fingerprint density at radius 2 is 1.94 bits per heavy atom. The number of hydrogen-bond donors (Lipinski definition) is 1. The quantitative estimate of drug-likeness (QED) is 0.779. The number of ether oxygens (including phenoxy) is 1. The van der Waals surface area contributed by atoms with Crippen molar-refractivity contribution < 1.29 is 9.13 Å². The van der Waals surface area contributed by atoms with Crippen molar-refractivity contribution in [2.45, 2.75) is 38.0 Å². The molecule has 1 aliphatic rings. The molecule has 2 N–H and O–H groups in total. The lowest BCUT2D eigenvalue weighted by Crippen LogP contribution is -2.10. The maximum atomic E-state index is 14.0. The Morgan fingerprint density at radius 1 is 1.25 bits per heavy atom. The molecule has 1 aromatic carbocycles. The van der Waals surface area contributed by atoms with E-state index in [1.807, 2.05) is 0 Å². The van der Waals surface area contributed by atoms with Crippen LogP contribution in [0.4, 0.5) is 10.1 Å². The number of halogens is 1. The summed E-state index contributed by atoms with van der Waals surface area (Å²) in [7, 11) is 1.58. The van der Waals surface area contributed by atoms with Gasteiger partial charge >= 0.3 is 0 Å². The van der Waals surface area contributed by atoms with Crippen LogP contribution in [0, 0.1) is 5.82 Å². The molecule has 1 saturated carbocycles. The standard InChI is InChI=1S/C13H18FNO/c1-16-11-8-7-10(15)13(14)12(11)9-5-3-2-4-6-9/h7-9H,2-6,15H2,1H3. The molecule has 0 heterocycles. The van der Waals surface area contributed by atoms with Crippen molar-refractivity contribution in [2.24, 2.45) is 0 Å². The van der Waals surface area contributed by atoms with Gasteiger partial charge in [-0.3, -0.25) is 0 Å². The summed E-state index contributed by atoms with van der Waals surface area (Å²) in [4.78, 5) is 0. The number of nitrogen functional groups attached to an aromatic ring is 1. The molecule has 0 radical (unpaired) electrons. The Balaban J connectivity index is 2.39. The van der Waals surface area contributed by atoms with Crippen LogP contribution in [0.2, 0.25) is 0 Å². The predicted molar refractivity (Wildman–Crippen MR) is 63.2 cm³/mol. The third-order valence-corrected chi connectivity index (χ3v) is 3.40. The van der Waals surface area contributed by atoms with Crippen LogP contribution in [-0.4, -0.2) is 7.11 Å². The third kappa shape index (κ3) is 1.99. The van der Waals surface area contributed by atoms with Gasteiger partial charge in [0.05, 0.1) is 12.8 Å². The Labute approximate surface area is 95.6 Å². The second-order valence-corrected chi connectivity index (χ2v) is 4.42. The second-order valence-electron chi connectivity index (χ2n) is 4.42. The van der Waals surface area contributed by atoms with Crippen molar-refractivity contribution in [3.05, 3.63) is 23.5 Å². The van der Waals surface area contributed by atoms with Crippen molar-refractivity contribution in [3.8, 4) is 5.75 Å². The first-order chi connectivity index (χ1) is 7.74. The number of benzene rings is 1. The summed E-state index contributed by atoms with van der Waals surface area (Å²) in [6, 6.07) is 3.34. The first-order valence-electron chi connectivity index (χ1n) is 5.86. The third-order valence-electron chi connectivity index (χ3n) is 3.40. The van der Waals surface area contributed by atoms with Gasteiger partial charge in [-0.25, -0.2) is 4.39 Å². The zero-order chi connectivity index (χ0) is 11.5. The van der Waals surface area contributed by atoms with Crippen LogP contribution < -0.4 is 10.5 Å². The second kappa shape index (κ2) is 4.73. The zero-order valence-electron chi connectivity index (χ0n) is 9.63. The molecule has 0 saturated heterocycles. The molecule has 0 spiro atoms. The van der Waals surface area contributed by atoms with Gasteiger partial charge in [-0.15, -0.1) is 0 Å². The van der Waals surface area contributed by atoms with E-state index in [2.05, 4.69) is 0 Å². The fourth-order valence-corrected chi connectivity index (χ4v) is 2.54. The normalized spacial score (nSPS) is 17.4. The molecule has 0 atom stereocenters. The minimum absolute atomic E-state index is 0.223. The Kier molecular flexibility index (Phi) is 3.32. The number of hydrogen-bond acceptors (Lipinski definition) is 2. The molecule has 0 amide bonds. The minimum atomic E-state index is -0.286. The Bertz CT molecular complexity index is 372. The van der Waals surface area contributed by atoms with Crippen LogP contribution in [0.3, 0.4) is 0 Å². The van der Waals surface area contributed by atoms with Gasteiger partial charge in [0, 0.05) is 5.56 Å². The van der Waals surface area contributed by atoms with Crippen molar-refractivity contribution in [1.29, 1.82) is 0 Å². The first-order valence-corrected chi connectivity index (χ1v) is 5.86. The highest BCUT2D eigenvalue weighted by atomic mass is 19.1. The lowest BCUT2D eigenvalue weighted by Gasteiger charge is -2.24. The van der Waals surface area contributed by atoms with Gasteiger partial charge in [0.25, 0.3) is 0 Å². The van der Waals surface area contributed by atoms with E-state index in [1.54, 1.807) is 19.2 Å². The zero-order valence-corrected chi connectivity index (χ0v) is 9.63. The van der Waals surface area contributed by atoms with Crippen LogP contribution >= 0.6 is 0 Å². The summed E-state index contributed by atoms with van der Waals surface area (Å²) in [6.07, 6.45) is 5.67. The summed E-state index contributed by atoms with van der Waals surface area (Å²) in [5.41, 5.74) is 6.53. The molecule has 3 heteroatoms. The number of anilines is 1. The Morgan fingerprint density at radius 3 is 2.56 bits per heavy atom. The van der Waals surface area contributed by atoms with Gasteiger partial charge in [0.2, 0.25) is 0 Å². The van der Waals surface area contributed by atoms with Crippen LogP contribution in [0.5, 0.6) is 5.75 Å². The molecular formula is C13H18FNO. The topological polar surface area (TPSA) is 35.2 Å². The molecule has 1 fully saturated rings. The predicted octanol–water partition coefficient (Wildman–Crippen LogP) is 3.46. The minimum Gasteiger partial charge on any atom is -0.496 e. The molecule has 0 unspecified atom stereocenters. The molecule has 88 valence electrons. The monoisotopic (exact) mass is 223 g/mol. The van der Waals surface area contributed by atoms with E-state index >= 15 is 0 Å². The number of methoxy groups -OCH3 is 1. The highest BCUT2D eigenvalue weighted by Gasteiger charge is 2.23. The Hall–Kier alpha value is -1.25. The summed E-state index contributed by atoms with van der Waals surface area (Å²) in [5, 5.41) is 0. The molecule has 2 rings (SSSR count). The SMILES string of the molecule is COc1ccc(N)c(F)c1C1CCCCC1. The van der Waals surface area contributed by atoms with E-state index in [0.717, 1.165) is 12.8 Å². The van der Waals surface area contributed by atoms with Crippen LogP contribution in [-0.2, 0) is 0 Å². The van der Waals surface area contributed by atoms with E-state index in [1.165, 1.54) is 19.3 Å². The van der Waals surface area contributed by atoms with Crippen LogP contribution in [0.1, 0.15) is 43.6 Å². The van der Waals surface area contributed by atoms with Gasteiger partial charge in [0.1, 0.15) is 5.75 Å². The fraction of sp³-hybridized carbons (Fsp3) is 0.538. The van der Waals surface area contributed by atoms with Crippen LogP contribution in [0.15, 0.2) is 12.1 Å². The lowest BCUT2D eigenvalue weighted by molar-refractivity contribution is 0.377. The molecule has 1 aliphatic carbocycles. The molecule has 1 aromatic rings. The van der Waals surface area contributed by atoms with Crippen molar-refractivity contribution in [2.75, 3.05) is 12.8 Å². The lowest BCUT2D eigenvalue weighted by atomic mass is 9.83. The summed E-state index contributed by atoms with van der Waals surface area (Å²) >= 11 is 0. The van der Waals surface area contributed by atoms with Crippen LogP contribution in [0.25, 0.3) is 0 Å². The molecule has 0 aliphatic heterocycles. The number of rotatable bonds is 2. The smallest absolute Gasteiger partial charge is 0.153 e. The summed E-state index contributed by atoms with van der Waals surface area (Å²) < 4.78 is 19.3. The largest absolute Gasteiger partial charge is 0.496 e. The highest BCUT2D eigenvalue weighted by molar-refractivity contribution is 5.51. The first kappa shape index (κ1) is 11.2. The summed E-state index contributed by atoms with van der Waals surface area (Å²) in [6.45, 7) is 0. The van der Waals surface area contributed by atoms with E-state index < -0.39 is 0 Å². The van der Waals surface area contributed by atoms with E-state index in [0.29, 0.717) is 11.3 Å². The average molecular weight is 223 g/mol. The van der Waals surface area contributed by atoms with Crippen molar-refractivity contribution in [3.63, 3.8) is 0 Å². The van der Waals surface area contributed by atoms with E-state index in [9.17, 15) is 4.39 Å². The van der Waals surface area contributed by atoms with Gasteiger partial charge < -0.3 is 10.5 Å². The van der Waals surface area contributed by atoms with Crippen molar-refractivity contribution in [1.82, 2.24) is 0 Å². The van der Waals surface area contributed by atoms with Gasteiger partial charge in [-0.1, -0.05) is 19.3 Å². The molecule has 2 nitrogen and oxygen atoms in total. The molecule has 0 bridgehead atoms. The maximum absolute atomic E-state index is 14.0. The van der Waals surface area contributed by atoms with E-state index in [4.69, 9.17) is 10.5 Å². The van der Waals surface area contributed by atoms with Crippen molar-refractivity contribution >= 4 is 5.69 Å². The van der Waals surface area contributed by atoms with Gasteiger partial charge in [-0.2, -0.15) is 0 Å². The maximum Gasteiger partial charge on any atom is 0.153 e. The van der Waals surface area contributed by atoms with Gasteiger partial charge in [0.15, 0.2) is 5.82 Å². The van der Waals surface area contributed by atoms with Gasteiger partial charge in [-0.05, 0) is 30.9 Å². The molecule has 0 aromatic heterocycles.